The predicted molar refractivity (Wildman–Crippen MR) is 96.9 cm³/mol. The Balaban J connectivity index is 1.76. The molecular weight excluding hydrogens is 336 g/mol. The van der Waals surface area contributed by atoms with Gasteiger partial charge in [-0.3, -0.25) is 9.97 Å². The highest BCUT2D eigenvalue weighted by Crippen LogP contribution is 2.20. The van der Waals surface area contributed by atoms with Gasteiger partial charge in [0.05, 0.1) is 23.0 Å². The summed E-state index contributed by atoms with van der Waals surface area (Å²) in [6, 6.07) is 10.6. The molecule has 0 saturated heterocycles. The molecule has 6 nitrogen and oxygen atoms in total. The van der Waals surface area contributed by atoms with E-state index in [4.69, 9.17) is 0 Å². The Labute approximate surface area is 146 Å². The predicted octanol–water partition coefficient (Wildman–Crippen LogP) is 2.86. The molecule has 1 aromatic carbocycles. The molecule has 0 saturated carbocycles. The zero-order valence-electron chi connectivity index (χ0n) is 14.0. The number of hydrogen-bond donors (Lipinski definition) is 1. The van der Waals surface area contributed by atoms with Crippen LogP contribution in [0, 0.1) is 6.92 Å². The summed E-state index contributed by atoms with van der Waals surface area (Å²) in [4.78, 5) is 13.3. The molecule has 0 aliphatic heterocycles. The lowest BCUT2D eigenvalue weighted by molar-refractivity contribution is 0.602. The topological polar surface area (TPSA) is 84.8 Å². The first-order chi connectivity index (χ1) is 11.9. The Hall–Kier alpha value is -2.80. The van der Waals surface area contributed by atoms with Crippen LogP contribution < -0.4 is 5.32 Å². The van der Waals surface area contributed by atoms with E-state index in [1.54, 1.807) is 36.7 Å². The summed E-state index contributed by atoms with van der Waals surface area (Å²) in [5, 5.41) is 3.22. The average Bonchev–Trinajstić information content (AvgIpc) is 2.61. The largest absolute Gasteiger partial charge is 0.365 e. The van der Waals surface area contributed by atoms with Crippen LogP contribution in [0.15, 0.2) is 59.9 Å². The summed E-state index contributed by atoms with van der Waals surface area (Å²) >= 11 is 0. The van der Waals surface area contributed by atoms with Crippen LogP contribution in [0.3, 0.4) is 0 Å². The molecule has 0 spiro atoms. The number of anilines is 1. The smallest absolute Gasteiger partial charge is 0.175 e. The number of aromatic nitrogens is 3. The molecule has 0 fully saturated rings. The van der Waals surface area contributed by atoms with Crippen molar-refractivity contribution < 1.29 is 8.42 Å². The van der Waals surface area contributed by atoms with E-state index in [9.17, 15) is 8.42 Å². The van der Waals surface area contributed by atoms with Crippen molar-refractivity contribution >= 4 is 15.7 Å². The number of aryl methyl sites for hydroxylation is 1. The van der Waals surface area contributed by atoms with E-state index < -0.39 is 9.84 Å². The van der Waals surface area contributed by atoms with Gasteiger partial charge in [-0.15, -0.1) is 0 Å². The third-order valence-electron chi connectivity index (χ3n) is 3.66. The second-order valence-corrected chi connectivity index (χ2v) is 7.76. The molecule has 0 aliphatic rings. The zero-order chi connectivity index (χ0) is 17.9. The van der Waals surface area contributed by atoms with Crippen LogP contribution in [-0.2, 0) is 16.4 Å². The van der Waals surface area contributed by atoms with Gasteiger partial charge < -0.3 is 5.32 Å². The molecule has 7 heteroatoms. The van der Waals surface area contributed by atoms with E-state index in [2.05, 4.69) is 20.3 Å². The van der Waals surface area contributed by atoms with Gasteiger partial charge in [-0.1, -0.05) is 18.2 Å². The van der Waals surface area contributed by atoms with Crippen molar-refractivity contribution in [2.24, 2.45) is 0 Å². The summed E-state index contributed by atoms with van der Waals surface area (Å²) in [6.45, 7) is 2.54. The minimum absolute atomic E-state index is 0.283. The molecule has 25 heavy (non-hydrogen) atoms. The fraction of sp³-hybridized carbons (Fsp3) is 0.167. The van der Waals surface area contributed by atoms with Crippen LogP contribution in [0.4, 0.5) is 5.82 Å². The molecule has 0 radical (unpaired) electrons. The van der Waals surface area contributed by atoms with Gasteiger partial charge in [0, 0.05) is 30.3 Å². The lowest BCUT2D eigenvalue weighted by Gasteiger charge is -2.08. The molecule has 128 valence electrons. The van der Waals surface area contributed by atoms with E-state index in [0.717, 1.165) is 16.8 Å². The molecule has 2 heterocycles. The zero-order valence-corrected chi connectivity index (χ0v) is 14.8. The van der Waals surface area contributed by atoms with Gasteiger partial charge in [0.1, 0.15) is 5.82 Å². The fourth-order valence-corrected chi connectivity index (χ4v) is 2.89. The number of sulfone groups is 1. The minimum atomic E-state index is -3.21. The third kappa shape index (κ3) is 4.39. The highest BCUT2D eigenvalue weighted by atomic mass is 32.2. The minimum Gasteiger partial charge on any atom is -0.365 e. The van der Waals surface area contributed by atoms with E-state index >= 15 is 0 Å². The van der Waals surface area contributed by atoms with Gasteiger partial charge in [-0.2, -0.15) is 0 Å². The quantitative estimate of drug-likeness (QED) is 0.758. The average molecular weight is 354 g/mol. The van der Waals surface area contributed by atoms with E-state index in [0.29, 0.717) is 18.1 Å². The molecule has 2 aromatic heterocycles. The maximum Gasteiger partial charge on any atom is 0.175 e. The summed E-state index contributed by atoms with van der Waals surface area (Å²) in [5.74, 6) is 0.644. The molecule has 0 amide bonds. The summed E-state index contributed by atoms with van der Waals surface area (Å²) < 4.78 is 23.1. The van der Waals surface area contributed by atoms with Crippen molar-refractivity contribution in [1.29, 1.82) is 0 Å². The Morgan fingerprint density at radius 1 is 1.00 bits per heavy atom. The van der Waals surface area contributed by atoms with E-state index in [-0.39, 0.29) is 4.90 Å². The Morgan fingerprint density at radius 3 is 2.40 bits per heavy atom. The fourth-order valence-electron chi connectivity index (χ4n) is 2.26. The maximum atomic E-state index is 11.5. The molecule has 3 aromatic rings. The summed E-state index contributed by atoms with van der Waals surface area (Å²) in [7, 11) is -3.21. The Kier molecular flexibility index (Phi) is 4.76. The monoisotopic (exact) mass is 354 g/mol. The lowest BCUT2D eigenvalue weighted by atomic mass is 10.2. The van der Waals surface area contributed by atoms with Crippen LogP contribution in [0.25, 0.3) is 11.3 Å². The van der Waals surface area contributed by atoms with Crippen molar-refractivity contribution in [2.75, 3.05) is 11.6 Å². The number of rotatable bonds is 5. The summed E-state index contributed by atoms with van der Waals surface area (Å²) in [6.07, 6.45) is 6.31. The number of pyridine rings is 1. The summed E-state index contributed by atoms with van der Waals surface area (Å²) in [5.41, 5.74) is 3.51. The van der Waals surface area contributed by atoms with E-state index in [1.807, 2.05) is 25.3 Å². The molecule has 3 rings (SSSR count). The van der Waals surface area contributed by atoms with Gasteiger partial charge in [0.2, 0.25) is 0 Å². The van der Waals surface area contributed by atoms with Crippen molar-refractivity contribution in [2.45, 2.75) is 18.4 Å². The standard InChI is InChI=1S/C18H18N4O2S/c1-13-3-4-14(9-20-13)10-21-18-12-19-11-17(22-18)15-5-7-16(8-6-15)25(2,23)24/h3-9,11-12H,10H2,1-2H3,(H,21,22). The number of benzene rings is 1. The molecule has 1 N–H and O–H groups in total. The number of nitrogens with zero attached hydrogens (tertiary/aromatic N) is 3. The van der Waals surface area contributed by atoms with Crippen LogP contribution in [-0.4, -0.2) is 29.6 Å². The second-order valence-electron chi connectivity index (χ2n) is 5.75. The third-order valence-corrected chi connectivity index (χ3v) is 4.79. The molecular formula is C18H18N4O2S. The molecule has 0 atom stereocenters. The van der Waals surface area contributed by atoms with Gasteiger partial charge in [0.25, 0.3) is 0 Å². The van der Waals surface area contributed by atoms with Crippen LogP contribution in [0.2, 0.25) is 0 Å². The second kappa shape index (κ2) is 6.98. The first-order valence-corrected chi connectivity index (χ1v) is 9.59. The van der Waals surface area contributed by atoms with E-state index in [1.165, 1.54) is 6.26 Å². The highest BCUT2D eigenvalue weighted by molar-refractivity contribution is 7.90. The Bertz CT molecular complexity index is 969. The molecule has 0 aliphatic carbocycles. The van der Waals surface area contributed by atoms with Crippen LogP contribution >= 0.6 is 0 Å². The first kappa shape index (κ1) is 17.0. The van der Waals surface area contributed by atoms with Gasteiger partial charge >= 0.3 is 0 Å². The van der Waals surface area contributed by atoms with Gasteiger partial charge in [-0.05, 0) is 30.7 Å². The SMILES string of the molecule is Cc1ccc(CNc2cncc(-c3ccc(S(C)(=O)=O)cc3)n2)cn1. The normalized spacial score (nSPS) is 11.3. The van der Waals surface area contributed by atoms with Gasteiger partial charge in [-0.25, -0.2) is 13.4 Å². The van der Waals surface area contributed by atoms with Crippen LogP contribution in [0.5, 0.6) is 0 Å². The Morgan fingerprint density at radius 2 is 1.76 bits per heavy atom. The van der Waals surface area contributed by atoms with Crippen molar-refractivity contribution in [1.82, 2.24) is 15.0 Å². The highest BCUT2D eigenvalue weighted by Gasteiger charge is 2.08. The molecule has 0 unspecified atom stereocenters. The maximum absolute atomic E-state index is 11.5. The van der Waals surface area contributed by atoms with Gasteiger partial charge in [0.15, 0.2) is 9.84 Å². The number of hydrogen-bond acceptors (Lipinski definition) is 6. The first-order valence-electron chi connectivity index (χ1n) is 7.70. The van der Waals surface area contributed by atoms with Crippen molar-refractivity contribution in [3.63, 3.8) is 0 Å². The number of nitrogens with one attached hydrogen (secondary N) is 1. The lowest BCUT2D eigenvalue weighted by Crippen LogP contribution is -2.03. The van der Waals surface area contributed by atoms with Crippen molar-refractivity contribution in [3.05, 3.63) is 66.2 Å². The van der Waals surface area contributed by atoms with Crippen LogP contribution in [0.1, 0.15) is 11.3 Å². The molecule has 0 bridgehead atoms. The van der Waals surface area contributed by atoms with Crippen molar-refractivity contribution in [3.8, 4) is 11.3 Å².